The monoisotopic (exact) mass is 636 g/mol. The normalized spacial score (nSPS) is 12.0. The van der Waals surface area contributed by atoms with Crippen LogP contribution in [-0.4, -0.2) is 56.7 Å². The van der Waals surface area contributed by atoms with Crippen LogP contribution >= 0.6 is 0 Å². The second-order valence-electron chi connectivity index (χ2n) is 8.55. The van der Waals surface area contributed by atoms with E-state index in [2.05, 4.69) is 14.8 Å². The molecule has 10 nitrogen and oxygen atoms in total. The summed E-state index contributed by atoms with van der Waals surface area (Å²) in [5.74, 6) is -2.05. The number of methoxy groups -OCH3 is 2. The topological polar surface area (TPSA) is 129 Å². The predicted octanol–water partition coefficient (Wildman–Crippen LogP) is 5.72. The third-order valence-electron chi connectivity index (χ3n) is 5.10. The number of carbonyl (C=O) groups is 4. The van der Waals surface area contributed by atoms with Crippen LogP contribution in [0.15, 0.2) is 72.4 Å². The van der Waals surface area contributed by atoms with Gasteiger partial charge >= 0.3 is 36.5 Å². The van der Waals surface area contributed by atoms with Gasteiger partial charge in [-0.25, -0.2) is 19.2 Å². The summed E-state index contributed by atoms with van der Waals surface area (Å²) >= 11 is 0. The second kappa shape index (κ2) is 18.7. The van der Waals surface area contributed by atoms with E-state index in [1.54, 1.807) is 60.7 Å². The number of alkyl halides is 6. The molecule has 0 bridgehead atoms. The molecule has 2 amide bonds. The number of ether oxygens (including phenoxy) is 4. The molecule has 242 valence electrons. The summed E-state index contributed by atoms with van der Waals surface area (Å²) in [5.41, 5.74) is 0.775. The summed E-state index contributed by atoms with van der Waals surface area (Å²) in [6, 6.07) is 16.0. The number of esters is 2. The number of rotatable bonds is 11. The summed E-state index contributed by atoms with van der Waals surface area (Å²) in [7, 11) is 2.01. The highest BCUT2D eigenvalue weighted by Crippen LogP contribution is 2.23. The highest BCUT2D eigenvalue weighted by Gasteiger charge is 2.32. The molecule has 0 aromatic heterocycles. The van der Waals surface area contributed by atoms with E-state index >= 15 is 0 Å². The van der Waals surface area contributed by atoms with Crippen molar-refractivity contribution in [2.75, 3.05) is 14.2 Å². The van der Waals surface area contributed by atoms with Crippen molar-refractivity contribution in [1.82, 2.24) is 10.6 Å². The smallest absolute Gasteiger partial charge is 0.412 e. The molecule has 0 saturated carbocycles. The lowest BCUT2D eigenvalue weighted by molar-refractivity contribution is -0.148. The maximum absolute atomic E-state index is 12.2. The summed E-state index contributed by atoms with van der Waals surface area (Å²) in [6.07, 6.45) is -13.7. The SMILES string of the molecule is COC(=O)C(=CCC(F)(F)F)NC(=O)OCc1ccccc1.COC(=O)[C@H](CCC(F)(F)F)NC(=O)OCc1ccccc1. The number of nitrogens with one attached hydrogen (secondary N) is 2. The van der Waals surface area contributed by atoms with E-state index in [0.29, 0.717) is 17.2 Å². The van der Waals surface area contributed by atoms with E-state index in [1.165, 1.54) is 0 Å². The first kappa shape index (κ1) is 37.3. The van der Waals surface area contributed by atoms with Crippen LogP contribution in [0.3, 0.4) is 0 Å². The number of alkyl carbamates (subject to hydrolysis) is 2. The fourth-order valence-corrected chi connectivity index (χ4v) is 2.99. The number of halogens is 6. The Bertz CT molecular complexity index is 1220. The molecular formula is C28H30F6N2O8. The molecular weight excluding hydrogens is 606 g/mol. The molecule has 0 aliphatic heterocycles. The van der Waals surface area contributed by atoms with E-state index in [9.17, 15) is 45.5 Å². The van der Waals surface area contributed by atoms with Crippen molar-refractivity contribution in [2.24, 2.45) is 0 Å². The number of amides is 2. The van der Waals surface area contributed by atoms with Gasteiger partial charge in [0.25, 0.3) is 0 Å². The Hall–Kier alpha value is -4.76. The third kappa shape index (κ3) is 17.3. The van der Waals surface area contributed by atoms with Gasteiger partial charge in [0.05, 0.1) is 20.6 Å². The standard InChI is InChI=1S/C14H16F3NO4.C14H14F3NO4/c2*1-21-12(19)11(7-8-14(15,16)17)18-13(20)22-9-10-5-3-2-4-6-10/h2-6,11H,7-9H2,1H3,(H,18,20);2-7H,8-9H2,1H3,(H,18,20)/t11-;/m0./s1. The zero-order valence-corrected chi connectivity index (χ0v) is 23.5. The number of carbonyl (C=O) groups excluding carboxylic acids is 4. The van der Waals surface area contributed by atoms with Gasteiger partial charge in [-0.2, -0.15) is 26.3 Å². The molecule has 1 atom stereocenters. The van der Waals surface area contributed by atoms with Crippen molar-refractivity contribution in [2.45, 2.75) is 50.9 Å². The first-order valence-electron chi connectivity index (χ1n) is 12.6. The third-order valence-corrected chi connectivity index (χ3v) is 5.10. The Morgan fingerprint density at radius 2 is 1.25 bits per heavy atom. The minimum Gasteiger partial charge on any atom is -0.467 e. The van der Waals surface area contributed by atoms with Crippen LogP contribution in [0.1, 0.15) is 30.4 Å². The van der Waals surface area contributed by atoms with Gasteiger partial charge in [0, 0.05) is 6.42 Å². The van der Waals surface area contributed by atoms with Crippen molar-refractivity contribution >= 4 is 24.1 Å². The Labute approximate surface area is 248 Å². The highest BCUT2D eigenvalue weighted by molar-refractivity contribution is 5.92. The van der Waals surface area contributed by atoms with Gasteiger partial charge in [-0.1, -0.05) is 60.7 Å². The molecule has 0 heterocycles. The van der Waals surface area contributed by atoms with Crippen LogP contribution in [0.5, 0.6) is 0 Å². The zero-order valence-electron chi connectivity index (χ0n) is 23.5. The summed E-state index contributed by atoms with van der Waals surface area (Å²) < 4.78 is 91.3. The highest BCUT2D eigenvalue weighted by atomic mass is 19.4. The van der Waals surface area contributed by atoms with E-state index in [0.717, 1.165) is 14.2 Å². The van der Waals surface area contributed by atoms with Crippen molar-refractivity contribution in [1.29, 1.82) is 0 Å². The summed E-state index contributed by atoms with van der Waals surface area (Å²) in [5, 5.41) is 4.01. The Balaban J connectivity index is 0.000000440. The van der Waals surface area contributed by atoms with Gasteiger partial charge in [-0.15, -0.1) is 0 Å². The van der Waals surface area contributed by atoms with Gasteiger partial charge in [-0.3, -0.25) is 5.32 Å². The van der Waals surface area contributed by atoms with E-state index in [4.69, 9.17) is 9.47 Å². The van der Waals surface area contributed by atoms with E-state index in [1.807, 2.05) is 5.32 Å². The lowest BCUT2D eigenvalue weighted by Gasteiger charge is -2.17. The van der Waals surface area contributed by atoms with Crippen LogP contribution in [-0.2, 0) is 41.8 Å². The minimum atomic E-state index is -4.51. The molecule has 0 saturated heterocycles. The summed E-state index contributed by atoms with van der Waals surface area (Å²) in [6.45, 7) is -0.139. The second-order valence-corrected chi connectivity index (χ2v) is 8.55. The average molecular weight is 637 g/mol. The largest absolute Gasteiger partial charge is 0.467 e. The quantitative estimate of drug-likeness (QED) is 0.139. The van der Waals surface area contributed by atoms with Crippen LogP contribution in [0.2, 0.25) is 0 Å². The molecule has 0 spiro atoms. The van der Waals surface area contributed by atoms with Gasteiger partial charge in [0.2, 0.25) is 0 Å². The molecule has 16 heteroatoms. The lowest BCUT2D eigenvalue weighted by atomic mass is 10.1. The molecule has 2 aromatic carbocycles. The van der Waals surface area contributed by atoms with Crippen molar-refractivity contribution in [3.05, 3.63) is 83.6 Å². The maximum Gasteiger partial charge on any atom is 0.412 e. The van der Waals surface area contributed by atoms with Crippen molar-refractivity contribution < 1.29 is 64.5 Å². The number of hydrogen-bond donors (Lipinski definition) is 2. The fourth-order valence-electron chi connectivity index (χ4n) is 2.99. The molecule has 2 rings (SSSR count). The fraction of sp³-hybridized carbons (Fsp3) is 0.357. The molecule has 0 aliphatic rings. The molecule has 0 fully saturated rings. The van der Waals surface area contributed by atoms with Gasteiger partial charge < -0.3 is 24.3 Å². The molecule has 2 N–H and O–H groups in total. The Morgan fingerprint density at radius 1 is 0.750 bits per heavy atom. The predicted molar refractivity (Wildman–Crippen MR) is 141 cm³/mol. The lowest BCUT2D eigenvalue weighted by Crippen LogP contribution is -2.42. The maximum atomic E-state index is 12.2. The molecule has 0 radical (unpaired) electrons. The summed E-state index contributed by atoms with van der Waals surface area (Å²) in [4.78, 5) is 45.7. The number of hydrogen-bond acceptors (Lipinski definition) is 8. The molecule has 44 heavy (non-hydrogen) atoms. The molecule has 2 aromatic rings. The van der Waals surface area contributed by atoms with Crippen LogP contribution < -0.4 is 10.6 Å². The minimum absolute atomic E-state index is 0.0557. The van der Waals surface area contributed by atoms with E-state index < -0.39 is 67.5 Å². The number of allylic oxidation sites excluding steroid dienone is 1. The first-order chi connectivity index (χ1) is 20.6. The van der Waals surface area contributed by atoms with Gasteiger partial charge in [-0.05, 0) is 23.6 Å². The van der Waals surface area contributed by atoms with Crippen molar-refractivity contribution in [3.63, 3.8) is 0 Å². The zero-order chi connectivity index (χ0) is 33.2. The number of benzene rings is 2. The van der Waals surface area contributed by atoms with Crippen molar-refractivity contribution in [3.8, 4) is 0 Å². The Kier molecular flexibility index (Phi) is 15.8. The van der Waals surface area contributed by atoms with Gasteiger partial charge in [0.15, 0.2) is 0 Å². The Morgan fingerprint density at radius 3 is 1.68 bits per heavy atom. The van der Waals surface area contributed by atoms with Gasteiger partial charge in [0.1, 0.15) is 25.0 Å². The van der Waals surface area contributed by atoms with E-state index in [-0.39, 0.29) is 13.2 Å². The first-order valence-corrected chi connectivity index (χ1v) is 12.6. The van der Waals surface area contributed by atoms with Crippen LogP contribution in [0, 0.1) is 0 Å². The van der Waals surface area contributed by atoms with Crippen LogP contribution in [0.4, 0.5) is 35.9 Å². The van der Waals surface area contributed by atoms with Crippen LogP contribution in [0.25, 0.3) is 0 Å². The molecule has 0 unspecified atom stereocenters. The average Bonchev–Trinajstić information content (AvgIpc) is 2.98. The molecule has 0 aliphatic carbocycles.